The first-order valence-corrected chi connectivity index (χ1v) is 7.15. The Morgan fingerprint density at radius 3 is 2.58 bits per heavy atom. The summed E-state index contributed by atoms with van der Waals surface area (Å²) in [7, 11) is 0. The van der Waals surface area contributed by atoms with Gasteiger partial charge >= 0.3 is 0 Å². The van der Waals surface area contributed by atoms with Crippen molar-refractivity contribution in [3.63, 3.8) is 0 Å². The second-order valence-corrected chi connectivity index (χ2v) is 5.85. The maximum absolute atomic E-state index is 6.04. The second kappa shape index (κ2) is 6.07. The van der Waals surface area contributed by atoms with Crippen LogP contribution in [0.2, 0.25) is 5.02 Å². The molecule has 5 heteroatoms. The zero-order valence-corrected chi connectivity index (χ0v) is 12.6. The van der Waals surface area contributed by atoms with Gasteiger partial charge in [-0.05, 0) is 32.0 Å². The van der Waals surface area contributed by atoms with Crippen LogP contribution >= 0.6 is 23.8 Å². The molecule has 2 N–H and O–H groups in total. The Hall–Kier alpha value is -0.840. The summed E-state index contributed by atoms with van der Waals surface area (Å²) in [5, 5.41) is 0.601. The molecule has 104 valence electrons. The van der Waals surface area contributed by atoms with Crippen molar-refractivity contribution in [3.05, 3.63) is 28.8 Å². The van der Waals surface area contributed by atoms with Crippen molar-refractivity contribution in [2.45, 2.75) is 45.0 Å². The monoisotopic (exact) mass is 299 g/mol. The third-order valence-electron chi connectivity index (χ3n) is 3.15. The van der Waals surface area contributed by atoms with Gasteiger partial charge in [0.05, 0.1) is 17.8 Å². The van der Waals surface area contributed by atoms with Gasteiger partial charge in [-0.25, -0.2) is 0 Å². The molecule has 19 heavy (non-hydrogen) atoms. The van der Waals surface area contributed by atoms with Crippen molar-refractivity contribution in [1.29, 1.82) is 0 Å². The van der Waals surface area contributed by atoms with Gasteiger partial charge in [-0.1, -0.05) is 23.8 Å². The number of hydrogen-bond donors (Lipinski definition) is 1. The number of thiocarbonyl (C=S) groups is 1. The Kier molecular flexibility index (Phi) is 4.66. The molecule has 0 aliphatic carbocycles. The minimum absolute atomic E-state index is 0.119. The van der Waals surface area contributed by atoms with Gasteiger partial charge in [0.15, 0.2) is 0 Å². The molecule has 3 nitrogen and oxygen atoms in total. The van der Waals surface area contributed by atoms with Gasteiger partial charge in [0.2, 0.25) is 0 Å². The third-order valence-corrected chi connectivity index (χ3v) is 3.61. The van der Waals surface area contributed by atoms with Crippen LogP contribution in [0.3, 0.4) is 0 Å². The Morgan fingerprint density at radius 2 is 2.00 bits per heavy atom. The Bertz CT molecular complexity index is 471. The number of benzene rings is 1. The third kappa shape index (κ3) is 3.81. The van der Waals surface area contributed by atoms with Crippen molar-refractivity contribution in [3.8, 4) is 5.75 Å². The predicted molar refractivity (Wildman–Crippen MR) is 81.0 cm³/mol. The minimum atomic E-state index is 0.119. The van der Waals surface area contributed by atoms with Crippen molar-refractivity contribution in [2.24, 2.45) is 5.73 Å². The molecular formula is C14H18ClNO2S. The maximum Gasteiger partial charge on any atom is 0.130 e. The van der Waals surface area contributed by atoms with Crippen molar-refractivity contribution in [2.75, 3.05) is 0 Å². The van der Waals surface area contributed by atoms with Gasteiger partial charge in [-0.2, -0.15) is 0 Å². The minimum Gasteiger partial charge on any atom is -0.489 e. The molecule has 1 aliphatic heterocycles. The molecule has 1 aliphatic rings. The molecule has 1 fully saturated rings. The quantitative estimate of drug-likeness (QED) is 0.870. The molecule has 0 radical (unpaired) electrons. The van der Waals surface area contributed by atoms with E-state index in [1.165, 1.54) is 0 Å². The van der Waals surface area contributed by atoms with E-state index in [9.17, 15) is 0 Å². The maximum atomic E-state index is 6.04. The van der Waals surface area contributed by atoms with E-state index in [1.54, 1.807) is 12.1 Å². The molecule has 2 rings (SSSR count). The molecule has 1 aromatic rings. The van der Waals surface area contributed by atoms with Crippen LogP contribution in [0.1, 0.15) is 32.3 Å². The highest BCUT2D eigenvalue weighted by atomic mass is 35.5. The van der Waals surface area contributed by atoms with Crippen LogP contribution in [-0.4, -0.2) is 23.3 Å². The van der Waals surface area contributed by atoms with Gasteiger partial charge in [-0.3, -0.25) is 0 Å². The smallest absolute Gasteiger partial charge is 0.130 e. The summed E-state index contributed by atoms with van der Waals surface area (Å²) in [6.45, 7) is 4.12. The lowest BCUT2D eigenvalue weighted by Crippen LogP contribution is -2.36. The second-order valence-electron chi connectivity index (χ2n) is 4.97. The number of nitrogens with two attached hydrogens (primary N) is 1. The largest absolute Gasteiger partial charge is 0.489 e. The van der Waals surface area contributed by atoms with Crippen LogP contribution in [0, 0.1) is 0 Å². The highest BCUT2D eigenvalue weighted by Gasteiger charge is 2.26. The van der Waals surface area contributed by atoms with E-state index in [1.807, 2.05) is 6.07 Å². The summed E-state index contributed by atoms with van der Waals surface area (Å²) in [6.07, 6.45) is 2.25. The number of hydrogen-bond acceptors (Lipinski definition) is 3. The molecule has 0 bridgehead atoms. The van der Waals surface area contributed by atoms with Crippen molar-refractivity contribution >= 4 is 28.8 Å². The van der Waals surface area contributed by atoms with Gasteiger partial charge in [0.25, 0.3) is 0 Å². The zero-order valence-electron chi connectivity index (χ0n) is 11.1. The summed E-state index contributed by atoms with van der Waals surface area (Å²) >= 11 is 11.0. The van der Waals surface area contributed by atoms with E-state index in [0.717, 1.165) is 12.8 Å². The fourth-order valence-corrected chi connectivity index (χ4v) is 2.75. The topological polar surface area (TPSA) is 44.5 Å². The molecule has 0 amide bonds. The normalized spacial score (nSPS) is 27.0. The molecule has 1 heterocycles. The van der Waals surface area contributed by atoms with E-state index < -0.39 is 0 Å². The summed E-state index contributed by atoms with van der Waals surface area (Å²) in [6, 6.07) is 5.35. The fraction of sp³-hybridized carbons (Fsp3) is 0.500. The van der Waals surface area contributed by atoms with Crippen LogP contribution in [0.15, 0.2) is 18.2 Å². The summed E-state index contributed by atoms with van der Waals surface area (Å²) < 4.78 is 11.7. The lowest BCUT2D eigenvalue weighted by atomic mass is 10.0. The lowest BCUT2D eigenvalue weighted by Gasteiger charge is -2.32. The van der Waals surface area contributed by atoms with Crippen LogP contribution in [0.5, 0.6) is 5.75 Å². The van der Waals surface area contributed by atoms with Gasteiger partial charge in [-0.15, -0.1) is 0 Å². The molecular weight excluding hydrogens is 282 g/mol. The zero-order chi connectivity index (χ0) is 14.0. The molecule has 1 saturated heterocycles. The average Bonchev–Trinajstić information content (AvgIpc) is 2.30. The number of ether oxygens (including phenoxy) is 2. The fourth-order valence-electron chi connectivity index (χ4n) is 2.42. The molecule has 0 aromatic heterocycles. The highest BCUT2D eigenvalue weighted by molar-refractivity contribution is 7.80. The van der Waals surface area contributed by atoms with Crippen LogP contribution in [-0.2, 0) is 4.74 Å². The summed E-state index contributed by atoms with van der Waals surface area (Å²) in [5.41, 5.74) is 6.40. The van der Waals surface area contributed by atoms with Crippen molar-refractivity contribution < 1.29 is 9.47 Å². The highest BCUT2D eigenvalue weighted by Crippen LogP contribution is 2.28. The Balaban J connectivity index is 2.16. The lowest BCUT2D eigenvalue weighted by molar-refractivity contribution is -0.0721. The summed E-state index contributed by atoms with van der Waals surface area (Å²) in [5.74, 6) is 0.697. The first-order chi connectivity index (χ1) is 8.95. The standard InChI is InChI=1S/C14H18ClNO2S/c1-8-5-11(6-9(2)17-8)18-13-4-3-10(15)7-12(13)14(16)19/h3-4,7-9,11H,5-6H2,1-2H3,(H2,16,19). The van der Waals surface area contributed by atoms with E-state index in [2.05, 4.69) is 13.8 Å². The number of halogens is 1. The predicted octanol–water partition coefficient (Wildman–Crippen LogP) is 3.31. The van der Waals surface area contributed by atoms with Crippen LogP contribution in [0.4, 0.5) is 0 Å². The molecule has 2 unspecified atom stereocenters. The Morgan fingerprint density at radius 1 is 1.37 bits per heavy atom. The van der Waals surface area contributed by atoms with Crippen LogP contribution < -0.4 is 10.5 Å². The average molecular weight is 300 g/mol. The van der Waals surface area contributed by atoms with E-state index >= 15 is 0 Å². The van der Waals surface area contributed by atoms with Crippen molar-refractivity contribution in [1.82, 2.24) is 0 Å². The van der Waals surface area contributed by atoms with E-state index in [0.29, 0.717) is 21.3 Å². The van der Waals surface area contributed by atoms with E-state index in [4.69, 9.17) is 39.0 Å². The van der Waals surface area contributed by atoms with Crippen LogP contribution in [0.25, 0.3) is 0 Å². The first-order valence-electron chi connectivity index (χ1n) is 6.37. The van der Waals surface area contributed by atoms with E-state index in [-0.39, 0.29) is 18.3 Å². The molecule has 2 atom stereocenters. The molecule has 0 saturated carbocycles. The van der Waals surface area contributed by atoms with Gasteiger partial charge < -0.3 is 15.2 Å². The molecule has 1 aromatic carbocycles. The summed E-state index contributed by atoms with van der Waals surface area (Å²) in [4.78, 5) is 0.297. The molecule has 0 spiro atoms. The van der Waals surface area contributed by atoms with Gasteiger partial charge in [0, 0.05) is 17.9 Å². The SMILES string of the molecule is CC1CC(Oc2ccc(Cl)cc2C(N)=S)CC(C)O1. The first kappa shape index (κ1) is 14.6. The van der Waals surface area contributed by atoms with Gasteiger partial charge in [0.1, 0.15) is 16.8 Å². The Labute approximate surface area is 124 Å². The number of rotatable bonds is 3.